The maximum Gasteiger partial charge on any atom is 0.303 e. The van der Waals surface area contributed by atoms with Gasteiger partial charge in [-0.1, -0.05) is 18.2 Å². The summed E-state index contributed by atoms with van der Waals surface area (Å²) in [4.78, 5) is 15.0. The molecule has 1 heterocycles. The molecule has 94 valence electrons. The maximum atomic E-state index is 11.2. The van der Waals surface area contributed by atoms with Crippen LogP contribution in [0.2, 0.25) is 0 Å². The van der Waals surface area contributed by atoms with Gasteiger partial charge in [0, 0.05) is 5.39 Å². The van der Waals surface area contributed by atoms with Crippen molar-refractivity contribution in [2.45, 2.75) is 0 Å². The molecule has 0 atom stereocenters. The zero-order valence-electron chi connectivity index (χ0n) is 9.83. The zero-order chi connectivity index (χ0) is 13.6. The largest absolute Gasteiger partial charge is 0.397 e. The van der Waals surface area contributed by atoms with Crippen LogP contribution < -0.4 is 11.5 Å². The summed E-state index contributed by atoms with van der Waals surface area (Å²) in [5.41, 5.74) is 12.6. The number of nitrogen functional groups attached to an aromatic ring is 2. The van der Waals surface area contributed by atoms with Gasteiger partial charge in [-0.15, -0.1) is 0 Å². The topological polar surface area (TPSA) is 108 Å². The van der Waals surface area contributed by atoms with Crippen molar-refractivity contribution in [3.05, 3.63) is 46.5 Å². The second-order valence-corrected chi connectivity index (χ2v) is 4.23. The first-order valence-electron chi connectivity index (χ1n) is 5.60. The molecule has 4 N–H and O–H groups in total. The van der Waals surface area contributed by atoms with Crippen LogP contribution in [0.15, 0.2) is 36.4 Å². The average Bonchev–Trinajstić information content (AvgIpc) is 2.37. The van der Waals surface area contributed by atoms with E-state index in [4.69, 9.17) is 11.5 Å². The molecular weight excluding hydrogens is 244 g/mol. The van der Waals surface area contributed by atoms with E-state index in [1.165, 1.54) is 0 Å². The Bertz CT molecular complexity index is 830. The SMILES string of the molecule is Nc1cc2nc3ccccc3cc2c([N+](=O)[O-])c1N. The first kappa shape index (κ1) is 11.2. The minimum absolute atomic E-state index is 0.0189. The fourth-order valence-electron chi connectivity index (χ4n) is 2.13. The van der Waals surface area contributed by atoms with Gasteiger partial charge >= 0.3 is 5.69 Å². The molecule has 0 fully saturated rings. The molecule has 0 aliphatic carbocycles. The zero-order valence-corrected chi connectivity index (χ0v) is 9.83. The Morgan fingerprint density at radius 1 is 1.11 bits per heavy atom. The summed E-state index contributed by atoms with van der Waals surface area (Å²) in [5.74, 6) is 0. The van der Waals surface area contributed by atoms with E-state index in [9.17, 15) is 10.1 Å². The van der Waals surface area contributed by atoms with Crippen molar-refractivity contribution in [3.63, 3.8) is 0 Å². The predicted octanol–water partition coefficient (Wildman–Crippen LogP) is 2.46. The highest BCUT2D eigenvalue weighted by Gasteiger charge is 2.20. The van der Waals surface area contributed by atoms with Gasteiger partial charge in [0.1, 0.15) is 5.69 Å². The molecule has 0 spiro atoms. The molecule has 0 amide bonds. The van der Waals surface area contributed by atoms with E-state index < -0.39 is 4.92 Å². The number of nitro benzene ring substituents is 1. The number of benzene rings is 2. The average molecular weight is 254 g/mol. The van der Waals surface area contributed by atoms with Crippen molar-refractivity contribution in [2.75, 3.05) is 11.5 Å². The summed E-state index contributed by atoms with van der Waals surface area (Å²) >= 11 is 0. The molecule has 6 heteroatoms. The molecule has 0 bridgehead atoms. The predicted molar refractivity (Wildman–Crippen MR) is 74.7 cm³/mol. The van der Waals surface area contributed by atoms with Crippen molar-refractivity contribution in [1.82, 2.24) is 4.98 Å². The summed E-state index contributed by atoms with van der Waals surface area (Å²) in [5, 5.41) is 12.4. The van der Waals surface area contributed by atoms with Crippen LogP contribution in [0.1, 0.15) is 0 Å². The molecule has 0 radical (unpaired) electrons. The quantitative estimate of drug-likeness (QED) is 0.300. The lowest BCUT2D eigenvalue weighted by atomic mass is 10.1. The molecule has 0 aliphatic rings. The van der Waals surface area contributed by atoms with Gasteiger partial charge in [0.15, 0.2) is 0 Å². The van der Waals surface area contributed by atoms with Crippen LogP contribution in [0.25, 0.3) is 21.8 Å². The van der Waals surface area contributed by atoms with Crippen molar-refractivity contribution in [2.24, 2.45) is 0 Å². The summed E-state index contributed by atoms with van der Waals surface area (Å²) in [6, 6.07) is 10.7. The van der Waals surface area contributed by atoms with Crippen molar-refractivity contribution in [1.29, 1.82) is 0 Å². The second kappa shape index (κ2) is 3.81. The van der Waals surface area contributed by atoms with E-state index in [0.717, 1.165) is 10.9 Å². The molecule has 0 unspecified atom stereocenters. The summed E-state index contributed by atoms with van der Waals surface area (Å²) in [7, 11) is 0. The molecule has 2 aromatic carbocycles. The lowest BCUT2D eigenvalue weighted by molar-refractivity contribution is -0.382. The van der Waals surface area contributed by atoms with E-state index in [2.05, 4.69) is 4.98 Å². The number of aromatic nitrogens is 1. The normalized spacial score (nSPS) is 10.9. The smallest absolute Gasteiger partial charge is 0.303 e. The molecule has 3 rings (SSSR count). The van der Waals surface area contributed by atoms with Crippen LogP contribution in [0.4, 0.5) is 17.1 Å². The first-order valence-corrected chi connectivity index (χ1v) is 5.60. The number of rotatable bonds is 1. The van der Waals surface area contributed by atoms with Crippen LogP contribution in [0.3, 0.4) is 0 Å². The third-order valence-electron chi connectivity index (χ3n) is 3.05. The van der Waals surface area contributed by atoms with Crippen molar-refractivity contribution >= 4 is 38.9 Å². The minimum Gasteiger partial charge on any atom is -0.397 e. The molecule has 19 heavy (non-hydrogen) atoms. The third-order valence-corrected chi connectivity index (χ3v) is 3.05. The number of nitrogens with two attached hydrogens (primary N) is 2. The van der Waals surface area contributed by atoms with Gasteiger partial charge in [-0.25, -0.2) is 4.98 Å². The number of nitro groups is 1. The van der Waals surface area contributed by atoms with Gasteiger partial charge in [-0.05, 0) is 18.2 Å². The Morgan fingerprint density at radius 3 is 2.58 bits per heavy atom. The van der Waals surface area contributed by atoms with Gasteiger partial charge in [-0.3, -0.25) is 10.1 Å². The van der Waals surface area contributed by atoms with Gasteiger partial charge < -0.3 is 11.5 Å². The van der Waals surface area contributed by atoms with Gasteiger partial charge in [-0.2, -0.15) is 0 Å². The van der Waals surface area contributed by atoms with Gasteiger partial charge in [0.05, 0.1) is 27.0 Å². The second-order valence-electron chi connectivity index (χ2n) is 4.23. The molecular formula is C13H10N4O2. The number of anilines is 2. The van der Waals surface area contributed by atoms with Crippen LogP contribution in [-0.2, 0) is 0 Å². The van der Waals surface area contributed by atoms with Crippen LogP contribution in [0, 0.1) is 10.1 Å². The number of hydrogen-bond acceptors (Lipinski definition) is 5. The van der Waals surface area contributed by atoms with Crippen LogP contribution >= 0.6 is 0 Å². The van der Waals surface area contributed by atoms with E-state index in [1.54, 1.807) is 12.1 Å². The molecule has 3 aromatic rings. The third kappa shape index (κ3) is 1.61. The molecule has 0 saturated heterocycles. The van der Waals surface area contributed by atoms with E-state index in [1.807, 2.05) is 24.3 Å². The number of fused-ring (bicyclic) bond motifs is 2. The Labute approximate surface area is 107 Å². The lowest BCUT2D eigenvalue weighted by Gasteiger charge is -2.07. The highest BCUT2D eigenvalue weighted by Crippen LogP contribution is 2.36. The summed E-state index contributed by atoms with van der Waals surface area (Å²) < 4.78 is 0. The minimum atomic E-state index is -0.523. The van der Waals surface area contributed by atoms with Crippen LogP contribution in [0.5, 0.6) is 0 Å². The number of para-hydroxylation sites is 1. The number of hydrogen-bond donors (Lipinski definition) is 2. The van der Waals surface area contributed by atoms with Crippen molar-refractivity contribution in [3.8, 4) is 0 Å². The Hall–Kier alpha value is -2.89. The fraction of sp³-hybridized carbons (Fsp3) is 0. The van der Waals surface area contributed by atoms with E-state index in [0.29, 0.717) is 10.9 Å². The Balaban J connectivity index is 2.53. The lowest BCUT2D eigenvalue weighted by Crippen LogP contribution is -2.02. The fourth-order valence-corrected chi connectivity index (χ4v) is 2.13. The molecule has 1 aromatic heterocycles. The highest BCUT2D eigenvalue weighted by molar-refractivity contribution is 6.03. The maximum absolute atomic E-state index is 11.2. The molecule has 6 nitrogen and oxygen atoms in total. The Kier molecular flexibility index (Phi) is 2.25. The molecule has 0 aliphatic heterocycles. The summed E-state index contributed by atoms with van der Waals surface area (Å²) in [6.45, 7) is 0. The monoisotopic (exact) mass is 254 g/mol. The van der Waals surface area contributed by atoms with Crippen LogP contribution in [-0.4, -0.2) is 9.91 Å². The standard InChI is InChI=1S/C13H10N4O2/c14-9-6-11-8(13(12(9)15)17(18)19)5-7-3-1-2-4-10(7)16-11/h1-6H,14-15H2. The molecule has 0 saturated carbocycles. The number of pyridine rings is 1. The van der Waals surface area contributed by atoms with Gasteiger partial charge in [0.2, 0.25) is 0 Å². The van der Waals surface area contributed by atoms with Gasteiger partial charge in [0.25, 0.3) is 0 Å². The highest BCUT2D eigenvalue weighted by atomic mass is 16.6. The van der Waals surface area contributed by atoms with E-state index in [-0.39, 0.29) is 17.1 Å². The first-order chi connectivity index (χ1) is 9.08. The summed E-state index contributed by atoms with van der Waals surface area (Å²) in [6.07, 6.45) is 0. The van der Waals surface area contributed by atoms with E-state index >= 15 is 0 Å². The number of nitrogens with zero attached hydrogens (tertiary/aromatic N) is 2. The van der Waals surface area contributed by atoms with Crippen molar-refractivity contribution < 1.29 is 4.92 Å². The Morgan fingerprint density at radius 2 is 1.84 bits per heavy atom.